The number of imidazole rings is 1. The van der Waals surface area contributed by atoms with E-state index < -0.39 is 54.6 Å². The molecule has 2 aliphatic heterocycles. The van der Waals surface area contributed by atoms with Crippen molar-refractivity contribution < 1.29 is 38.1 Å². The Morgan fingerprint density at radius 1 is 1.11 bits per heavy atom. The summed E-state index contributed by atoms with van der Waals surface area (Å²) in [5.74, 6) is -1.50. The van der Waals surface area contributed by atoms with Gasteiger partial charge in [0, 0.05) is 20.5 Å². The second-order valence-electron chi connectivity index (χ2n) is 9.80. The molecule has 2 aromatic heterocycles. The van der Waals surface area contributed by atoms with Crippen LogP contribution in [0.2, 0.25) is 0 Å². The summed E-state index contributed by atoms with van der Waals surface area (Å²) in [5.41, 5.74) is 6.82. The number of carbonyl (C=O) groups is 3. The molecule has 4 heterocycles. The predicted molar refractivity (Wildman–Crippen MR) is 132 cm³/mol. The van der Waals surface area contributed by atoms with Crippen molar-refractivity contribution in [3.8, 4) is 0 Å². The SMILES string of the molecule is CC(=O)O[C@@H]1[C@H](OC(C)=O)[C@H](C(C)OC(=O)[C@@H](N)C(C)C)O[C@H]1n1cnc2c(N[C@@H]3CCOC3)ncnc21. The van der Waals surface area contributed by atoms with Crippen LogP contribution in [0.5, 0.6) is 0 Å². The van der Waals surface area contributed by atoms with Gasteiger partial charge in [0.25, 0.3) is 0 Å². The molecule has 3 N–H and O–H groups in total. The number of aromatic nitrogens is 4. The summed E-state index contributed by atoms with van der Waals surface area (Å²) in [5, 5.41) is 3.32. The van der Waals surface area contributed by atoms with E-state index >= 15 is 0 Å². The number of hydrogen-bond donors (Lipinski definition) is 2. The molecule has 2 aliphatic rings. The molecule has 14 heteroatoms. The second kappa shape index (κ2) is 11.6. The van der Waals surface area contributed by atoms with E-state index in [-0.39, 0.29) is 12.0 Å². The van der Waals surface area contributed by atoms with Gasteiger partial charge in [0.1, 0.15) is 24.6 Å². The Morgan fingerprint density at radius 2 is 1.82 bits per heavy atom. The molecule has 14 nitrogen and oxygen atoms in total. The van der Waals surface area contributed by atoms with Gasteiger partial charge in [0.2, 0.25) is 0 Å². The van der Waals surface area contributed by atoms with Crippen molar-refractivity contribution >= 4 is 34.9 Å². The number of fused-ring (bicyclic) bond motifs is 1. The molecule has 38 heavy (non-hydrogen) atoms. The monoisotopic (exact) mass is 534 g/mol. The molecule has 4 rings (SSSR count). The average molecular weight is 535 g/mol. The zero-order chi connectivity index (χ0) is 27.6. The zero-order valence-corrected chi connectivity index (χ0v) is 22.0. The van der Waals surface area contributed by atoms with Crippen molar-refractivity contribution in [3.05, 3.63) is 12.7 Å². The molecule has 0 aliphatic carbocycles. The molecule has 2 aromatic rings. The maximum Gasteiger partial charge on any atom is 0.323 e. The summed E-state index contributed by atoms with van der Waals surface area (Å²) >= 11 is 0. The lowest BCUT2D eigenvalue weighted by Crippen LogP contribution is -2.46. The second-order valence-corrected chi connectivity index (χ2v) is 9.80. The standard InChI is InChI=1S/C24H34N6O8/c1-11(2)16(25)24(33)35-12(3)18-19(36-13(4)31)20(37-14(5)32)23(38-18)30-10-28-17-21(26-9-27-22(17)30)29-15-6-7-34-8-15/h9-12,15-16,18-20,23H,6-8,25H2,1-5H3,(H,26,27,29)/t12?,15-,16+,18+,19-,20-,23-/m1/s1. The molecule has 2 saturated heterocycles. The number of carbonyl (C=O) groups excluding carboxylic acids is 3. The normalized spacial score (nSPS) is 26.8. The average Bonchev–Trinajstić information content (AvgIpc) is 3.58. The first-order valence-corrected chi connectivity index (χ1v) is 12.5. The fourth-order valence-corrected chi connectivity index (χ4v) is 4.50. The molecule has 0 bridgehead atoms. The Hall–Kier alpha value is -3.36. The molecule has 0 spiro atoms. The summed E-state index contributed by atoms with van der Waals surface area (Å²) in [7, 11) is 0. The highest BCUT2D eigenvalue weighted by Gasteiger charge is 2.53. The topological polar surface area (TPSA) is 179 Å². The molecular formula is C24H34N6O8. The molecule has 0 saturated carbocycles. The summed E-state index contributed by atoms with van der Waals surface area (Å²) < 4.78 is 30.0. The quantitative estimate of drug-likeness (QED) is 0.339. The van der Waals surface area contributed by atoms with Crippen molar-refractivity contribution in [2.24, 2.45) is 11.7 Å². The van der Waals surface area contributed by atoms with E-state index in [9.17, 15) is 14.4 Å². The third-order valence-corrected chi connectivity index (χ3v) is 6.49. The smallest absolute Gasteiger partial charge is 0.323 e. The number of nitrogens with zero attached hydrogens (tertiary/aromatic N) is 4. The number of anilines is 1. The molecule has 1 unspecified atom stereocenters. The van der Waals surface area contributed by atoms with Crippen LogP contribution in [0.1, 0.15) is 47.3 Å². The lowest BCUT2D eigenvalue weighted by Gasteiger charge is -2.27. The molecule has 2 fully saturated rings. The van der Waals surface area contributed by atoms with E-state index in [1.807, 2.05) is 0 Å². The van der Waals surface area contributed by atoms with Gasteiger partial charge >= 0.3 is 17.9 Å². The lowest BCUT2D eigenvalue weighted by atomic mass is 10.0. The maximum atomic E-state index is 12.6. The number of ether oxygens (including phenoxy) is 5. The number of esters is 3. The Bertz CT molecular complexity index is 1170. The van der Waals surface area contributed by atoms with Crippen LogP contribution in [0.3, 0.4) is 0 Å². The van der Waals surface area contributed by atoms with Crippen LogP contribution in [0, 0.1) is 5.92 Å². The van der Waals surface area contributed by atoms with E-state index in [0.29, 0.717) is 30.2 Å². The third kappa shape index (κ3) is 5.87. The van der Waals surface area contributed by atoms with Crippen LogP contribution in [-0.2, 0) is 38.1 Å². The highest BCUT2D eigenvalue weighted by atomic mass is 16.7. The first-order valence-electron chi connectivity index (χ1n) is 12.5. The van der Waals surface area contributed by atoms with Gasteiger partial charge in [-0.3, -0.25) is 19.0 Å². The largest absolute Gasteiger partial charge is 0.459 e. The molecule has 7 atom stereocenters. The van der Waals surface area contributed by atoms with Gasteiger partial charge in [0.05, 0.1) is 19.0 Å². The van der Waals surface area contributed by atoms with E-state index in [1.54, 1.807) is 25.3 Å². The highest BCUT2D eigenvalue weighted by molar-refractivity contribution is 5.83. The number of nitrogens with one attached hydrogen (secondary N) is 1. The number of nitrogens with two attached hydrogens (primary N) is 1. The van der Waals surface area contributed by atoms with E-state index in [4.69, 9.17) is 29.4 Å². The molecule has 0 amide bonds. The zero-order valence-electron chi connectivity index (χ0n) is 22.0. The van der Waals surface area contributed by atoms with Crippen LogP contribution in [0.4, 0.5) is 5.82 Å². The summed E-state index contributed by atoms with van der Waals surface area (Å²) in [4.78, 5) is 49.8. The maximum absolute atomic E-state index is 12.6. The summed E-state index contributed by atoms with van der Waals surface area (Å²) in [6, 6.07) is -0.767. The first kappa shape index (κ1) is 27.7. The first-order chi connectivity index (χ1) is 18.1. The molecule has 0 radical (unpaired) electrons. The third-order valence-electron chi connectivity index (χ3n) is 6.49. The van der Waals surface area contributed by atoms with Crippen LogP contribution in [-0.4, -0.2) is 87.1 Å². The highest BCUT2D eigenvalue weighted by Crippen LogP contribution is 2.38. The molecule has 208 valence electrons. The van der Waals surface area contributed by atoms with Crippen molar-refractivity contribution in [2.75, 3.05) is 18.5 Å². The number of rotatable bonds is 9. The van der Waals surface area contributed by atoms with Gasteiger partial charge in [-0.15, -0.1) is 0 Å². The van der Waals surface area contributed by atoms with Crippen LogP contribution < -0.4 is 11.1 Å². The van der Waals surface area contributed by atoms with Gasteiger partial charge in [-0.1, -0.05) is 13.8 Å². The number of hydrogen-bond acceptors (Lipinski definition) is 13. The Morgan fingerprint density at radius 3 is 2.45 bits per heavy atom. The summed E-state index contributed by atoms with van der Waals surface area (Å²) in [6.07, 6.45) is -1.37. The van der Waals surface area contributed by atoms with Gasteiger partial charge in [0.15, 0.2) is 35.4 Å². The van der Waals surface area contributed by atoms with Gasteiger partial charge in [-0.25, -0.2) is 15.0 Å². The van der Waals surface area contributed by atoms with E-state index in [1.165, 1.54) is 26.5 Å². The van der Waals surface area contributed by atoms with Gasteiger partial charge < -0.3 is 34.7 Å². The molecule has 0 aromatic carbocycles. The minimum atomic E-state index is -1.09. The van der Waals surface area contributed by atoms with Crippen LogP contribution >= 0.6 is 0 Å². The predicted octanol–water partition coefficient (Wildman–Crippen LogP) is 0.703. The lowest BCUT2D eigenvalue weighted by molar-refractivity contribution is -0.170. The summed E-state index contributed by atoms with van der Waals surface area (Å²) in [6.45, 7) is 8.86. The van der Waals surface area contributed by atoms with Gasteiger partial charge in [-0.2, -0.15) is 0 Å². The van der Waals surface area contributed by atoms with Crippen LogP contribution in [0.25, 0.3) is 11.2 Å². The molecular weight excluding hydrogens is 500 g/mol. The van der Waals surface area contributed by atoms with Crippen molar-refractivity contribution in [2.45, 2.75) is 83.8 Å². The van der Waals surface area contributed by atoms with E-state index in [0.717, 1.165) is 6.42 Å². The van der Waals surface area contributed by atoms with Crippen molar-refractivity contribution in [3.63, 3.8) is 0 Å². The fourth-order valence-electron chi connectivity index (χ4n) is 4.50. The minimum Gasteiger partial charge on any atom is -0.459 e. The Labute approximate surface area is 219 Å². The van der Waals surface area contributed by atoms with Crippen molar-refractivity contribution in [1.29, 1.82) is 0 Å². The Kier molecular flexibility index (Phi) is 8.43. The minimum absolute atomic E-state index is 0.0836. The fraction of sp³-hybridized carbons (Fsp3) is 0.667. The Balaban J connectivity index is 1.67. The van der Waals surface area contributed by atoms with Crippen LogP contribution in [0.15, 0.2) is 12.7 Å². The van der Waals surface area contributed by atoms with Crippen molar-refractivity contribution in [1.82, 2.24) is 19.5 Å². The van der Waals surface area contributed by atoms with Gasteiger partial charge in [-0.05, 0) is 19.3 Å². The van der Waals surface area contributed by atoms with E-state index in [2.05, 4.69) is 20.3 Å².